The monoisotopic (exact) mass is 263 g/mol. The van der Waals surface area contributed by atoms with Crippen LogP contribution < -0.4 is 5.32 Å². The summed E-state index contributed by atoms with van der Waals surface area (Å²) in [4.78, 5) is 0. The number of benzene rings is 1. The fourth-order valence-electron chi connectivity index (χ4n) is 1.72. The van der Waals surface area contributed by atoms with Crippen LogP contribution in [0.25, 0.3) is 11.5 Å². The molecule has 0 saturated heterocycles. The van der Waals surface area contributed by atoms with E-state index in [0.717, 1.165) is 12.1 Å². The summed E-state index contributed by atoms with van der Waals surface area (Å²) in [7, 11) is 0. The van der Waals surface area contributed by atoms with Crippen molar-refractivity contribution in [3.63, 3.8) is 0 Å². The molecule has 0 fully saturated rings. The smallest absolute Gasteiger partial charge is 0.247 e. The Morgan fingerprint density at radius 3 is 2.79 bits per heavy atom. The minimum absolute atomic E-state index is 0.232. The SMILES string of the molecule is Cc1cc(-c2nnc(CCNC(C)C)o2)ccc1F. The fraction of sp³-hybridized carbons (Fsp3) is 0.429. The van der Waals surface area contributed by atoms with Crippen molar-refractivity contribution in [2.24, 2.45) is 0 Å². The zero-order chi connectivity index (χ0) is 13.8. The van der Waals surface area contributed by atoms with E-state index in [1.165, 1.54) is 6.07 Å². The molecule has 2 aromatic rings. The fourth-order valence-corrected chi connectivity index (χ4v) is 1.72. The summed E-state index contributed by atoms with van der Waals surface area (Å²) in [5.41, 5.74) is 1.31. The van der Waals surface area contributed by atoms with Gasteiger partial charge in [-0.1, -0.05) is 13.8 Å². The van der Waals surface area contributed by atoms with Gasteiger partial charge in [0.2, 0.25) is 11.8 Å². The van der Waals surface area contributed by atoms with E-state index in [9.17, 15) is 4.39 Å². The van der Waals surface area contributed by atoms with Crippen LogP contribution in [-0.4, -0.2) is 22.8 Å². The number of halogens is 1. The third kappa shape index (κ3) is 3.61. The number of hydrogen-bond acceptors (Lipinski definition) is 4. The van der Waals surface area contributed by atoms with Crippen LogP contribution >= 0.6 is 0 Å². The van der Waals surface area contributed by atoms with Crippen LogP contribution in [0.1, 0.15) is 25.3 Å². The molecule has 1 aromatic heterocycles. The lowest BCUT2D eigenvalue weighted by Crippen LogP contribution is -2.25. The highest BCUT2D eigenvalue weighted by molar-refractivity contribution is 5.53. The summed E-state index contributed by atoms with van der Waals surface area (Å²) >= 11 is 0. The summed E-state index contributed by atoms with van der Waals surface area (Å²) < 4.78 is 18.7. The molecule has 1 heterocycles. The van der Waals surface area contributed by atoms with Crippen LogP contribution in [0.3, 0.4) is 0 Å². The number of nitrogens with one attached hydrogen (secondary N) is 1. The summed E-state index contributed by atoms with van der Waals surface area (Å²) in [5, 5.41) is 11.3. The van der Waals surface area contributed by atoms with Gasteiger partial charge in [0.25, 0.3) is 0 Å². The Kier molecular flexibility index (Phi) is 4.27. The summed E-state index contributed by atoms with van der Waals surface area (Å²) in [6, 6.07) is 5.20. The maximum Gasteiger partial charge on any atom is 0.247 e. The van der Waals surface area contributed by atoms with Gasteiger partial charge in [-0.3, -0.25) is 0 Å². The zero-order valence-electron chi connectivity index (χ0n) is 11.4. The number of nitrogens with zero attached hydrogens (tertiary/aromatic N) is 2. The maximum absolute atomic E-state index is 13.2. The van der Waals surface area contributed by atoms with E-state index in [4.69, 9.17) is 4.42 Å². The summed E-state index contributed by atoms with van der Waals surface area (Å²) in [6.07, 6.45) is 0.686. The second kappa shape index (κ2) is 5.93. The highest BCUT2D eigenvalue weighted by Gasteiger charge is 2.09. The van der Waals surface area contributed by atoms with Crippen molar-refractivity contribution in [1.82, 2.24) is 15.5 Å². The van der Waals surface area contributed by atoms with Crippen LogP contribution in [-0.2, 0) is 6.42 Å². The van der Waals surface area contributed by atoms with E-state index in [2.05, 4.69) is 29.4 Å². The minimum Gasteiger partial charge on any atom is -0.421 e. The molecular weight excluding hydrogens is 245 g/mol. The number of aromatic nitrogens is 2. The van der Waals surface area contributed by atoms with Crippen molar-refractivity contribution in [2.75, 3.05) is 6.54 Å². The van der Waals surface area contributed by atoms with Gasteiger partial charge in [0.05, 0.1) is 0 Å². The summed E-state index contributed by atoms with van der Waals surface area (Å²) in [6.45, 7) is 6.67. The number of hydrogen-bond donors (Lipinski definition) is 1. The normalized spacial score (nSPS) is 11.2. The Labute approximate surface area is 112 Å². The zero-order valence-corrected chi connectivity index (χ0v) is 11.4. The van der Waals surface area contributed by atoms with E-state index in [1.54, 1.807) is 19.1 Å². The molecule has 0 spiro atoms. The van der Waals surface area contributed by atoms with Crippen molar-refractivity contribution in [2.45, 2.75) is 33.2 Å². The Morgan fingerprint density at radius 1 is 1.32 bits per heavy atom. The molecule has 1 N–H and O–H groups in total. The Bertz CT molecular complexity index is 551. The molecule has 19 heavy (non-hydrogen) atoms. The second-order valence-electron chi connectivity index (χ2n) is 4.82. The molecule has 0 atom stereocenters. The van der Waals surface area contributed by atoms with Crippen molar-refractivity contribution in [3.8, 4) is 11.5 Å². The van der Waals surface area contributed by atoms with Gasteiger partial charge in [0.1, 0.15) is 5.82 Å². The predicted octanol–water partition coefficient (Wildman–Crippen LogP) is 2.72. The van der Waals surface area contributed by atoms with E-state index in [1.807, 2.05) is 0 Å². The molecule has 0 aliphatic rings. The van der Waals surface area contributed by atoms with Crippen LogP contribution in [0.5, 0.6) is 0 Å². The largest absolute Gasteiger partial charge is 0.421 e. The first-order valence-electron chi connectivity index (χ1n) is 6.38. The Balaban J connectivity index is 2.05. The van der Waals surface area contributed by atoms with Gasteiger partial charge in [0.15, 0.2) is 0 Å². The van der Waals surface area contributed by atoms with Crippen LogP contribution in [0.15, 0.2) is 22.6 Å². The van der Waals surface area contributed by atoms with Crippen LogP contribution in [0.4, 0.5) is 4.39 Å². The van der Waals surface area contributed by atoms with Gasteiger partial charge in [-0.2, -0.15) is 0 Å². The highest BCUT2D eigenvalue weighted by atomic mass is 19.1. The van der Waals surface area contributed by atoms with Crippen molar-refractivity contribution in [1.29, 1.82) is 0 Å². The number of aryl methyl sites for hydroxylation is 1. The molecule has 1 aromatic carbocycles. The molecular formula is C14H18FN3O. The van der Waals surface area contributed by atoms with Crippen molar-refractivity contribution in [3.05, 3.63) is 35.5 Å². The summed E-state index contributed by atoms with van der Waals surface area (Å²) in [5.74, 6) is 0.789. The van der Waals surface area contributed by atoms with Gasteiger partial charge in [-0.15, -0.1) is 10.2 Å². The first kappa shape index (κ1) is 13.7. The number of rotatable bonds is 5. The highest BCUT2D eigenvalue weighted by Crippen LogP contribution is 2.20. The molecule has 0 radical (unpaired) electrons. The molecule has 2 rings (SSSR count). The Morgan fingerprint density at radius 2 is 2.11 bits per heavy atom. The van der Waals surface area contributed by atoms with E-state index in [-0.39, 0.29) is 5.82 Å². The minimum atomic E-state index is -0.232. The van der Waals surface area contributed by atoms with E-state index in [0.29, 0.717) is 29.8 Å². The molecule has 0 unspecified atom stereocenters. The average molecular weight is 263 g/mol. The molecule has 0 bridgehead atoms. The van der Waals surface area contributed by atoms with Crippen LogP contribution in [0, 0.1) is 12.7 Å². The van der Waals surface area contributed by atoms with E-state index >= 15 is 0 Å². The lowest BCUT2D eigenvalue weighted by Gasteiger charge is -2.04. The predicted molar refractivity (Wildman–Crippen MR) is 71.3 cm³/mol. The van der Waals surface area contributed by atoms with Crippen molar-refractivity contribution < 1.29 is 8.81 Å². The average Bonchev–Trinajstić information content (AvgIpc) is 2.81. The van der Waals surface area contributed by atoms with Gasteiger partial charge >= 0.3 is 0 Å². The van der Waals surface area contributed by atoms with Crippen LogP contribution in [0.2, 0.25) is 0 Å². The lowest BCUT2D eigenvalue weighted by molar-refractivity contribution is 0.484. The first-order valence-corrected chi connectivity index (χ1v) is 6.38. The van der Waals surface area contributed by atoms with Crippen molar-refractivity contribution >= 4 is 0 Å². The quantitative estimate of drug-likeness (QED) is 0.901. The van der Waals surface area contributed by atoms with Gasteiger partial charge < -0.3 is 9.73 Å². The maximum atomic E-state index is 13.2. The molecule has 5 heteroatoms. The third-order valence-electron chi connectivity index (χ3n) is 2.76. The standard InChI is InChI=1S/C14H18FN3O/c1-9(2)16-7-6-13-17-18-14(19-13)11-4-5-12(15)10(3)8-11/h4-5,8-9,16H,6-7H2,1-3H3. The van der Waals surface area contributed by atoms with Gasteiger partial charge in [0, 0.05) is 24.6 Å². The van der Waals surface area contributed by atoms with Gasteiger partial charge in [-0.05, 0) is 30.7 Å². The van der Waals surface area contributed by atoms with Gasteiger partial charge in [-0.25, -0.2) is 4.39 Å². The third-order valence-corrected chi connectivity index (χ3v) is 2.76. The molecule has 0 aliphatic heterocycles. The van der Waals surface area contributed by atoms with E-state index < -0.39 is 0 Å². The topological polar surface area (TPSA) is 51.0 Å². The molecule has 0 amide bonds. The first-order chi connectivity index (χ1) is 9.06. The molecule has 4 nitrogen and oxygen atoms in total. The molecule has 0 aliphatic carbocycles. The molecule has 0 saturated carbocycles. The Hall–Kier alpha value is -1.75. The second-order valence-corrected chi connectivity index (χ2v) is 4.82. The molecule has 102 valence electrons. The lowest BCUT2D eigenvalue weighted by atomic mass is 10.1.